The standard InChI is InChI=1S/C18H17N3O3S/c22-18(23)15-4-3-5-16(17(15)20-6-1-2-7-20)21-8-14(9-21)24-10-13-11-25-12-19-13/h1-7,11-12,14H,8-10H2,(H,22,23). The van der Waals surface area contributed by atoms with Gasteiger partial charge in [-0.05, 0) is 24.3 Å². The van der Waals surface area contributed by atoms with Crippen LogP contribution in [0.1, 0.15) is 16.1 Å². The van der Waals surface area contributed by atoms with Crippen LogP contribution >= 0.6 is 11.3 Å². The molecule has 0 unspecified atom stereocenters. The predicted molar refractivity (Wildman–Crippen MR) is 95.6 cm³/mol. The molecule has 7 heteroatoms. The molecule has 0 atom stereocenters. The fourth-order valence-electron chi connectivity index (χ4n) is 2.97. The molecular weight excluding hydrogens is 338 g/mol. The van der Waals surface area contributed by atoms with Crippen LogP contribution in [-0.2, 0) is 11.3 Å². The largest absolute Gasteiger partial charge is 0.478 e. The summed E-state index contributed by atoms with van der Waals surface area (Å²) in [5.41, 5.74) is 4.64. The number of thiazole rings is 1. The summed E-state index contributed by atoms with van der Waals surface area (Å²) in [6, 6.07) is 9.15. The van der Waals surface area contributed by atoms with Gasteiger partial charge in [-0.1, -0.05) is 6.07 Å². The van der Waals surface area contributed by atoms with Crippen molar-refractivity contribution >= 4 is 23.0 Å². The molecule has 0 bridgehead atoms. The van der Waals surface area contributed by atoms with Crippen LogP contribution in [0.4, 0.5) is 5.69 Å². The first-order chi connectivity index (χ1) is 12.2. The third-order valence-corrected chi connectivity index (χ3v) is 4.88. The molecular formula is C18H17N3O3S. The molecule has 25 heavy (non-hydrogen) atoms. The van der Waals surface area contributed by atoms with Crippen LogP contribution in [0.3, 0.4) is 0 Å². The van der Waals surface area contributed by atoms with E-state index in [1.165, 1.54) is 0 Å². The lowest BCUT2D eigenvalue weighted by molar-refractivity contribution is 0.0210. The topological polar surface area (TPSA) is 67.6 Å². The van der Waals surface area contributed by atoms with Crippen molar-refractivity contribution in [3.05, 3.63) is 64.9 Å². The molecule has 2 aromatic heterocycles. The maximum atomic E-state index is 11.6. The SMILES string of the molecule is O=C(O)c1cccc(N2CC(OCc3cscn3)C2)c1-n1cccc1. The fourth-order valence-corrected chi connectivity index (χ4v) is 3.51. The van der Waals surface area contributed by atoms with Crippen molar-refractivity contribution in [3.8, 4) is 5.69 Å². The summed E-state index contributed by atoms with van der Waals surface area (Å²) in [5, 5.41) is 11.5. The van der Waals surface area contributed by atoms with Gasteiger partial charge in [0.25, 0.3) is 0 Å². The van der Waals surface area contributed by atoms with Crippen molar-refractivity contribution in [1.82, 2.24) is 9.55 Å². The summed E-state index contributed by atoms with van der Waals surface area (Å²) in [6.45, 7) is 1.99. The number of carboxylic acid groups (broad SMARTS) is 1. The third kappa shape index (κ3) is 3.16. The highest BCUT2D eigenvalue weighted by molar-refractivity contribution is 7.07. The number of hydrogen-bond acceptors (Lipinski definition) is 5. The highest BCUT2D eigenvalue weighted by Crippen LogP contribution is 2.32. The van der Waals surface area contributed by atoms with E-state index < -0.39 is 5.97 Å². The molecule has 6 nitrogen and oxygen atoms in total. The van der Waals surface area contributed by atoms with Crippen molar-refractivity contribution in [2.75, 3.05) is 18.0 Å². The molecule has 0 amide bonds. The number of ether oxygens (including phenoxy) is 1. The lowest BCUT2D eigenvalue weighted by Crippen LogP contribution is -2.52. The summed E-state index contributed by atoms with van der Waals surface area (Å²) in [4.78, 5) is 18.0. The summed E-state index contributed by atoms with van der Waals surface area (Å²) in [5.74, 6) is -0.928. The zero-order valence-electron chi connectivity index (χ0n) is 13.4. The van der Waals surface area contributed by atoms with E-state index >= 15 is 0 Å². The minimum Gasteiger partial charge on any atom is -0.478 e. The van der Waals surface area contributed by atoms with Gasteiger partial charge in [-0.15, -0.1) is 11.3 Å². The number of aromatic nitrogens is 2. The van der Waals surface area contributed by atoms with E-state index in [9.17, 15) is 9.90 Å². The Morgan fingerprint density at radius 1 is 1.28 bits per heavy atom. The van der Waals surface area contributed by atoms with E-state index in [1.54, 1.807) is 29.0 Å². The quantitative estimate of drug-likeness (QED) is 0.736. The van der Waals surface area contributed by atoms with Crippen LogP contribution in [0.15, 0.2) is 53.6 Å². The van der Waals surface area contributed by atoms with Gasteiger partial charge in [0, 0.05) is 30.9 Å². The van der Waals surface area contributed by atoms with Gasteiger partial charge in [-0.25, -0.2) is 9.78 Å². The average Bonchev–Trinajstić information content (AvgIpc) is 3.26. The molecule has 3 heterocycles. The Morgan fingerprint density at radius 2 is 2.08 bits per heavy atom. The Morgan fingerprint density at radius 3 is 2.76 bits per heavy atom. The van der Waals surface area contributed by atoms with Gasteiger partial charge in [0.05, 0.1) is 40.9 Å². The second-order valence-electron chi connectivity index (χ2n) is 5.89. The molecule has 1 fully saturated rings. The smallest absolute Gasteiger partial charge is 0.337 e. The molecule has 1 aliphatic heterocycles. The van der Waals surface area contributed by atoms with Gasteiger partial charge >= 0.3 is 5.97 Å². The minimum atomic E-state index is -0.928. The number of carbonyl (C=O) groups is 1. The van der Waals surface area contributed by atoms with E-state index in [0.717, 1.165) is 24.5 Å². The fraction of sp³-hybridized carbons (Fsp3) is 0.222. The van der Waals surface area contributed by atoms with Crippen LogP contribution in [0.25, 0.3) is 5.69 Å². The van der Waals surface area contributed by atoms with Crippen molar-refractivity contribution in [1.29, 1.82) is 0 Å². The Hall–Kier alpha value is -2.64. The summed E-state index contributed by atoms with van der Waals surface area (Å²) in [6.07, 6.45) is 3.86. The second kappa shape index (κ2) is 6.70. The van der Waals surface area contributed by atoms with Crippen LogP contribution in [0.5, 0.6) is 0 Å². The number of nitrogens with zero attached hydrogens (tertiary/aromatic N) is 3. The van der Waals surface area contributed by atoms with Gasteiger partial charge in [0.2, 0.25) is 0 Å². The average molecular weight is 355 g/mol. The molecule has 1 saturated heterocycles. The van der Waals surface area contributed by atoms with E-state index in [1.807, 2.05) is 40.5 Å². The van der Waals surface area contributed by atoms with E-state index in [-0.39, 0.29) is 6.10 Å². The van der Waals surface area contributed by atoms with E-state index in [0.29, 0.717) is 17.9 Å². The molecule has 0 saturated carbocycles. The van der Waals surface area contributed by atoms with Gasteiger partial charge < -0.3 is 19.3 Å². The maximum absolute atomic E-state index is 11.6. The number of benzene rings is 1. The number of rotatable bonds is 6. The number of carboxylic acids is 1. The van der Waals surface area contributed by atoms with Gasteiger partial charge in [-0.2, -0.15) is 0 Å². The van der Waals surface area contributed by atoms with Crippen LogP contribution < -0.4 is 4.90 Å². The minimum absolute atomic E-state index is 0.132. The molecule has 128 valence electrons. The highest BCUT2D eigenvalue weighted by Gasteiger charge is 2.31. The molecule has 0 radical (unpaired) electrons. The molecule has 0 spiro atoms. The Labute approximate surface area is 148 Å². The molecule has 1 aromatic carbocycles. The second-order valence-corrected chi connectivity index (χ2v) is 6.61. The lowest BCUT2D eigenvalue weighted by Gasteiger charge is -2.41. The van der Waals surface area contributed by atoms with Crippen molar-refractivity contribution in [2.24, 2.45) is 0 Å². The highest BCUT2D eigenvalue weighted by atomic mass is 32.1. The van der Waals surface area contributed by atoms with Crippen LogP contribution in [0.2, 0.25) is 0 Å². The van der Waals surface area contributed by atoms with Gasteiger partial charge in [0.1, 0.15) is 0 Å². The third-order valence-electron chi connectivity index (χ3n) is 4.25. The summed E-state index contributed by atoms with van der Waals surface area (Å²) in [7, 11) is 0. The molecule has 1 aliphatic rings. The first-order valence-electron chi connectivity index (χ1n) is 7.95. The maximum Gasteiger partial charge on any atom is 0.337 e. The van der Waals surface area contributed by atoms with Crippen molar-refractivity contribution in [2.45, 2.75) is 12.7 Å². The van der Waals surface area contributed by atoms with Crippen LogP contribution in [-0.4, -0.2) is 39.8 Å². The zero-order valence-corrected chi connectivity index (χ0v) is 14.2. The number of anilines is 1. The van der Waals surface area contributed by atoms with Crippen molar-refractivity contribution < 1.29 is 14.6 Å². The Bertz CT molecular complexity index is 856. The first-order valence-corrected chi connectivity index (χ1v) is 8.90. The lowest BCUT2D eigenvalue weighted by atomic mass is 10.1. The first kappa shape index (κ1) is 15.9. The van der Waals surface area contributed by atoms with E-state index in [2.05, 4.69) is 9.88 Å². The molecule has 3 aromatic rings. The monoisotopic (exact) mass is 355 g/mol. The van der Waals surface area contributed by atoms with E-state index in [4.69, 9.17) is 4.74 Å². The van der Waals surface area contributed by atoms with Gasteiger partial charge in [0.15, 0.2) is 0 Å². The Kier molecular flexibility index (Phi) is 4.25. The number of para-hydroxylation sites is 1. The zero-order chi connectivity index (χ0) is 17.2. The summed E-state index contributed by atoms with van der Waals surface area (Å²) < 4.78 is 7.71. The molecule has 4 rings (SSSR count). The number of aromatic carboxylic acids is 1. The van der Waals surface area contributed by atoms with Gasteiger partial charge in [-0.3, -0.25) is 0 Å². The van der Waals surface area contributed by atoms with Crippen LogP contribution in [0, 0.1) is 0 Å². The Balaban J connectivity index is 1.52. The normalized spacial score (nSPS) is 14.5. The predicted octanol–water partition coefficient (Wildman–Crippen LogP) is 3.04. The number of hydrogen-bond donors (Lipinski definition) is 1. The molecule has 1 N–H and O–H groups in total. The summed E-state index contributed by atoms with van der Waals surface area (Å²) >= 11 is 1.56. The van der Waals surface area contributed by atoms with Crippen molar-refractivity contribution in [3.63, 3.8) is 0 Å². The molecule has 0 aliphatic carbocycles.